The van der Waals surface area contributed by atoms with Crippen molar-refractivity contribution in [3.8, 4) is 11.1 Å². The van der Waals surface area contributed by atoms with E-state index in [9.17, 15) is 0 Å². The predicted octanol–water partition coefficient (Wildman–Crippen LogP) is 4.81. The average Bonchev–Trinajstić information content (AvgIpc) is 2.98. The highest BCUT2D eigenvalue weighted by Gasteiger charge is 2.21. The zero-order chi connectivity index (χ0) is 17.5. The highest BCUT2D eigenvalue weighted by molar-refractivity contribution is 7.38. The van der Waals surface area contributed by atoms with Gasteiger partial charge in [0.25, 0.3) is 0 Å². The molecule has 126 valence electrons. The number of imidazole rings is 1. The number of fused-ring (bicyclic) bond motifs is 1. The van der Waals surface area contributed by atoms with Crippen molar-refractivity contribution in [2.45, 2.75) is 31.3 Å². The summed E-state index contributed by atoms with van der Waals surface area (Å²) in [4.78, 5) is 4.41. The van der Waals surface area contributed by atoms with Gasteiger partial charge in [0.1, 0.15) is 5.82 Å². The Balaban J connectivity index is 2.04. The van der Waals surface area contributed by atoms with E-state index in [1.165, 1.54) is 16.7 Å². The van der Waals surface area contributed by atoms with Crippen LogP contribution >= 0.6 is 18.5 Å². The second-order valence-electron chi connectivity index (χ2n) is 6.87. The molecule has 2 heterocycles. The van der Waals surface area contributed by atoms with E-state index in [1.54, 1.807) is 7.11 Å². The van der Waals surface area contributed by atoms with Crippen LogP contribution in [0, 0.1) is 0 Å². The molecular formula is C19H24N2OP2. The lowest BCUT2D eigenvalue weighted by Crippen LogP contribution is -2.19. The number of rotatable bonds is 4. The Kier molecular flexibility index (Phi) is 4.55. The van der Waals surface area contributed by atoms with E-state index < -0.39 is 0 Å². The number of benzene rings is 1. The number of aromatic nitrogens is 2. The molecule has 0 saturated heterocycles. The Morgan fingerprint density at radius 3 is 2.17 bits per heavy atom. The van der Waals surface area contributed by atoms with Gasteiger partial charge in [0.2, 0.25) is 0 Å². The van der Waals surface area contributed by atoms with Gasteiger partial charge in [-0.1, -0.05) is 30.3 Å². The van der Waals surface area contributed by atoms with Crippen LogP contribution in [-0.2, 0) is 15.2 Å². The minimum absolute atomic E-state index is 0.155. The number of nitrogens with zero attached hydrogens (tertiary/aromatic N) is 2. The van der Waals surface area contributed by atoms with Crippen LogP contribution < -0.4 is 0 Å². The predicted molar refractivity (Wildman–Crippen MR) is 107 cm³/mol. The van der Waals surface area contributed by atoms with Gasteiger partial charge in [0, 0.05) is 13.3 Å². The second kappa shape index (κ2) is 6.23. The Labute approximate surface area is 148 Å². The molecule has 1 aromatic carbocycles. The first kappa shape index (κ1) is 17.5. The summed E-state index contributed by atoms with van der Waals surface area (Å²) in [7, 11) is 7.40. The summed E-state index contributed by atoms with van der Waals surface area (Å²) in [6.07, 6.45) is 4.07. The third-order valence-electron chi connectivity index (χ3n) is 4.43. The molecule has 0 bridgehead atoms. The normalized spacial score (nSPS) is 12.8. The fourth-order valence-corrected chi connectivity index (χ4v) is 3.17. The Hall–Kier alpha value is -1.27. The number of pyridine rings is 1. The number of ether oxygens (including phenoxy) is 1. The molecule has 3 aromatic rings. The van der Waals surface area contributed by atoms with Crippen molar-refractivity contribution in [1.29, 1.82) is 0 Å². The molecule has 3 nitrogen and oxygen atoms in total. The summed E-state index contributed by atoms with van der Waals surface area (Å²) in [6.45, 7) is 6.26. The van der Waals surface area contributed by atoms with Gasteiger partial charge < -0.3 is 9.14 Å². The van der Waals surface area contributed by atoms with Gasteiger partial charge in [-0.25, -0.2) is 4.98 Å². The molecule has 2 aromatic heterocycles. The summed E-state index contributed by atoms with van der Waals surface area (Å²) < 4.78 is 7.71. The van der Waals surface area contributed by atoms with Gasteiger partial charge in [0.15, 0.2) is 0 Å². The lowest BCUT2D eigenvalue weighted by molar-refractivity contribution is 0.0192. The molecule has 2 unspecified atom stereocenters. The first-order valence-corrected chi connectivity index (χ1v) is 9.09. The Morgan fingerprint density at radius 1 is 0.958 bits per heavy atom. The van der Waals surface area contributed by atoms with Crippen LogP contribution in [0.25, 0.3) is 16.6 Å². The van der Waals surface area contributed by atoms with Crippen LogP contribution in [0.15, 0.2) is 48.8 Å². The number of methoxy groups -OCH3 is 1. The van der Waals surface area contributed by atoms with Crippen molar-refractivity contribution in [2.24, 2.45) is 0 Å². The lowest BCUT2D eigenvalue weighted by atomic mass is 9.95. The fraction of sp³-hybridized carbons (Fsp3) is 0.316. The first-order chi connectivity index (χ1) is 11.2. The van der Waals surface area contributed by atoms with Crippen LogP contribution in [-0.4, -0.2) is 16.5 Å². The van der Waals surface area contributed by atoms with E-state index in [-0.39, 0.29) is 10.5 Å². The zero-order valence-corrected chi connectivity index (χ0v) is 16.9. The lowest BCUT2D eigenvalue weighted by Gasteiger charge is -2.23. The molecule has 24 heavy (non-hydrogen) atoms. The monoisotopic (exact) mass is 358 g/mol. The molecule has 3 rings (SSSR count). The summed E-state index contributed by atoms with van der Waals surface area (Å²) in [5.41, 5.74) is 4.34. The standard InChI is InChI=1S/C19H24N2OP2/c1-18(2,22-4)15-8-5-13(6-9-15)14-7-10-16-11-20-17(19(3,23)24)21(16)12-14/h5-12H,23-24H2,1-4H3. The largest absolute Gasteiger partial charge is 0.374 e. The third kappa shape index (κ3) is 3.26. The average molecular weight is 358 g/mol. The van der Waals surface area contributed by atoms with E-state index >= 15 is 0 Å². The molecule has 2 atom stereocenters. The summed E-state index contributed by atoms with van der Waals surface area (Å²) in [5.74, 6) is 1.01. The van der Waals surface area contributed by atoms with Crippen LogP contribution in [0.4, 0.5) is 0 Å². The molecule has 0 aliphatic carbocycles. The molecule has 0 fully saturated rings. The van der Waals surface area contributed by atoms with Crippen LogP contribution in [0.5, 0.6) is 0 Å². The van der Waals surface area contributed by atoms with Crippen LogP contribution in [0.3, 0.4) is 0 Å². The summed E-state index contributed by atoms with van der Waals surface area (Å²) >= 11 is 0. The van der Waals surface area contributed by atoms with E-state index in [0.717, 1.165) is 11.3 Å². The molecule has 0 aliphatic rings. The molecule has 0 spiro atoms. The first-order valence-electron chi connectivity index (χ1n) is 7.94. The zero-order valence-electron chi connectivity index (χ0n) is 14.6. The van der Waals surface area contributed by atoms with Gasteiger partial charge in [0.05, 0.1) is 22.2 Å². The van der Waals surface area contributed by atoms with Crippen molar-refractivity contribution >= 4 is 24.0 Å². The van der Waals surface area contributed by atoms with Crippen molar-refractivity contribution in [3.63, 3.8) is 0 Å². The Morgan fingerprint density at radius 2 is 1.58 bits per heavy atom. The molecule has 5 heteroatoms. The van der Waals surface area contributed by atoms with Gasteiger partial charge >= 0.3 is 0 Å². The van der Waals surface area contributed by atoms with Crippen molar-refractivity contribution in [2.75, 3.05) is 7.11 Å². The maximum absolute atomic E-state index is 5.55. The maximum atomic E-state index is 5.55. The number of hydrogen-bond donors (Lipinski definition) is 0. The van der Waals surface area contributed by atoms with E-state index in [1.807, 2.05) is 6.20 Å². The molecule has 0 N–H and O–H groups in total. The molecule has 0 aliphatic heterocycles. The summed E-state index contributed by atoms with van der Waals surface area (Å²) in [5, 5.41) is 0. The molecule has 0 saturated carbocycles. The van der Waals surface area contributed by atoms with Gasteiger partial charge in [-0.2, -0.15) is 0 Å². The van der Waals surface area contributed by atoms with Crippen molar-refractivity contribution < 1.29 is 4.74 Å². The van der Waals surface area contributed by atoms with Gasteiger partial charge in [-0.15, -0.1) is 18.5 Å². The van der Waals surface area contributed by atoms with Crippen LogP contribution in [0.2, 0.25) is 0 Å². The maximum Gasteiger partial charge on any atom is 0.126 e. The van der Waals surface area contributed by atoms with E-state index in [2.05, 4.69) is 91.2 Å². The van der Waals surface area contributed by atoms with Crippen molar-refractivity contribution in [1.82, 2.24) is 9.38 Å². The number of hydrogen-bond acceptors (Lipinski definition) is 2. The Bertz CT molecular complexity index is 861. The molecule has 0 radical (unpaired) electrons. The molecular weight excluding hydrogens is 334 g/mol. The minimum atomic E-state index is -0.277. The highest BCUT2D eigenvalue weighted by Crippen LogP contribution is 2.37. The SMILES string of the molecule is COC(C)(C)c1ccc(-c2ccc3cnc(C(C)(P)P)n3c2)cc1. The highest BCUT2D eigenvalue weighted by atomic mass is 31.1. The van der Waals surface area contributed by atoms with Gasteiger partial charge in [-0.3, -0.25) is 0 Å². The second-order valence-corrected chi connectivity index (χ2v) is 9.93. The quantitative estimate of drug-likeness (QED) is 0.626. The molecule has 0 amide bonds. The topological polar surface area (TPSA) is 26.5 Å². The van der Waals surface area contributed by atoms with Crippen molar-refractivity contribution in [3.05, 3.63) is 60.2 Å². The summed E-state index contributed by atoms with van der Waals surface area (Å²) in [6, 6.07) is 12.8. The van der Waals surface area contributed by atoms with E-state index in [4.69, 9.17) is 4.74 Å². The van der Waals surface area contributed by atoms with Gasteiger partial charge in [-0.05, 0) is 43.5 Å². The smallest absolute Gasteiger partial charge is 0.126 e. The fourth-order valence-electron chi connectivity index (χ4n) is 2.74. The third-order valence-corrected chi connectivity index (χ3v) is 4.95. The van der Waals surface area contributed by atoms with Crippen LogP contribution in [0.1, 0.15) is 32.2 Å². The van der Waals surface area contributed by atoms with E-state index in [0.29, 0.717) is 0 Å². The minimum Gasteiger partial charge on any atom is -0.374 e.